The molecule has 1 atom stereocenters. The number of allylic oxidation sites excluding steroid dienone is 2. The van der Waals surface area contributed by atoms with E-state index in [2.05, 4.69) is 17.5 Å². The topological polar surface area (TPSA) is 86.6 Å². The van der Waals surface area contributed by atoms with Gasteiger partial charge in [0.2, 0.25) is 5.91 Å². The standard InChI is InChI=1S/C20H23NO4/c22-13-18(8-4-5-9-18)15(14-6-2-1-3-7-14)21-16(23)19-10-20(11-19,12-19)17(24)25/h1-7,15,22H,8-13H2,(H,21,23)(H,24,25). The number of aliphatic hydroxyl groups is 1. The summed E-state index contributed by atoms with van der Waals surface area (Å²) in [4.78, 5) is 24.2. The number of carboxylic acid groups (broad SMARTS) is 1. The Balaban J connectivity index is 1.56. The van der Waals surface area contributed by atoms with Gasteiger partial charge in [-0.1, -0.05) is 42.5 Å². The fourth-order valence-corrected chi connectivity index (χ4v) is 4.95. The van der Waals surface area contributed by atoms with Crippen LogP contribution in [0.3, 0.4) is 0 Å². The number of amides is 1. The zero-order valence-corrected chi connectivity index (χ0v) is 14.1. The highest BCUT2D eigenvalue weighted by Crippen LogP contribution is 2.73. The average molecular weight is 341 g/mol. The molecule has 3 saturated carbocycles. The lowest BCUT2D eigenvalue weighted by molar-refractivity contribution is -0.221. The van der Waals surface area contributed by atoms with Crippen LogP contribution in [-0.4, -0.2) is 28.7 Å². The summed E-state index contributed by atoms with van der Waals surface area (Å²) < 4.78 is 0. The predicted octanol–water partition coefficient (Wildman–Crippen LogP) is 2.43. The molecule has 1 amide bonds. The molecule has 3 N–H and O–H groups in total. The highest BCUT2D eigenvalue weighted by molar-refractivity contribution is 5.93. The maximum Gasteiger partial charge on any atom is 0.309 e. The lowest BCUT2D eigenvalue weighted by Crippen LogP contribution is -2.71. The molecular formula is C20H23NO4. The maximum absolute atomic E-state index is 12.9. The number of benzene rings is 1. The van der Waals surface area contributed by atoms with E-state index in [9.17, 15) is 19.8 Å². The van der Waals surface area contributed by atoms with Gasteiger partial charge in [-0.2, -0.15) is 0 Å². The fraction of sp³-hybridized carbons (Fsp3) is 0.500. The molecule has 0 saturated heterocycles. The third-order valence-electron chi connectivity index (χ3n) is 6.52. The van der Waals surface area contributed by atoms with Gasteiger partial charge in [-0.05, 0) is 37.7 Å². The lowest BCUT2D eigenvalue weighted by atomic mass is 9.35. The second-order valence-electron chi connectivity index (χ2n) is 8.11. The molecule has 5 rings (SSSR count). The molecule has 0 heterocycles. The molecule has 25 heavy (non-hydrogen) atoms. The van der Waals surface area contributed by atoms with E-state index in [1.54, 1.807) is 0 Å². The number of nitrogens with one attached hydrogen (secondary N) is 1. The molecule has 0 aromatic heterocycles. The number of aliphatic hydroxyl groups excluding tert-OH is 1. The quantitative estimate of drug-likeness (QED) is 0.694. The minimum atomic E-state index is -0.784. The minimum absolute atomic E-state index is 0.00803. The summed E-state index contributed by atoms with van der Waals surface area (Å²) in [6, 6.07) is 9.46. The molecule has 1 aromatic carbocycles. The first-order chi connectivity index (χ1) is 12.0. The number of carboxylic acids is 1. The second-order valence-corrected chi connectivity index (χ2v) is 8.11. The average Bonchev–Trinajstić information content (AvgIpc) is 3.00. The molecule has 2 bridgehead atoms. The third kappa shape index (κ3) is 2.25. The summed E-state index contributed by atoms with van der Waals surface area (Å²) in [5.41, 5.74) is -0.629. The van der Waals surface area contributed by atoms with E-state index in [0.717, 1.165) is 18.4 Å². The van der Waals surface area contributed by atoms with Crippen LogP contribution in [0.25, 0.3) is 0 Å². The second kappa shape index (κ2) is 5.43. The summed E-state index contributed by atoms with van der Waals surface area (Å²) in [6.07, 6.45) is 6.86. The van der Waals surface area contributed by atoms with Gasteiger partial charge >= 0.3 is 5.97 Å². The van der Waals surface area contributed by atoms with Crippen molar-refractivity contribution in [3.63, 3.8) is 0 Å². The van der Waals surface area contributed by atoms with Gasteiger partial charge in [0.1, 0.15) is 0 Å². The molecule has 132 valence electrons. The Hall–Kier alpha value is -2.14. The van der Waals surface area contributed by atoms with Crippen LogP contribution in [0.2, 0.25) is 0 Å². The van der Waals surface area contributed by atoms with Crippen LogP contribution in [0.4, 0.5) is 0 Å². The monoisotopic (exact) mass is 341 g/mol. The van der Waals surface area contributed by atoms with Crippen molar-refractivity contribution in [2.45, 2.75) is 38.1 Å². The molecule has 4 aliphatic rings. The van der Waals surface area contributed by atoms with E-state index >= 15 is 0 Å². The Kier molecular flexibility index (Phi) is 3.55. The molecule has 1 aromatic rings. The molecule has 1 unspecified atom stereocenters. The molecule has 0 spiro atoms. The van der Waals surface area contributed by atoms with Crippen molar-refractivity contribution in [2.75, 3.05) is 6.61 Å². The van der Waals surface area contributed by atoms with Crippen LogP contribution in [0.1, 0.15) is 43.7 Å². The van der Waals surface area contributed by atoms with Crippen molar-refractivity contribution in [3.05, 3.63) is 48.0 Å². The Morgan fingerprint density at radius 3 is 2.16 bits per heavy atom. The van der Waals surface area contributed by atoms with E-state index in [0.29, 0.717) is 19.3 Å². The predicted molar refractivity (Wildman–Crippen MR) is 91.6 cm³/mol. The van der Waals surface area contributed by atoms with Crippen molar-refractivity contribution in [1.82, 2.24) is 5.32 Å². The van der Waals surface area contributed by atoms with Gasteiger partial charge in [-0.15, -0.1) is 0 Å². The molecular weight excluding hydrogens is 318 g/mol. The molecule has 5 heteroatoms. The van der Waals surface area contributed by atoms with Crippen LogP contribution in [0.15, 0.2) is 42.5 Å². The number of hydrogen-bond acceptors (Lipinski definition) is 3. The number of carbonyl (C=O) groups excluding carboxylic acids is 1. The zero-order valence-electron chi connectivity index (χ0n) is 14.1. The fourth-order valence-electron chi connectivity index (χ4n) is 4.95. The SMILES string of the molecule is O=C(O)C12CC(C(=O)NC(c3ccccc3)C3(CO)CC=CC3)(C1)C2. The highest BCUT2D eigenvalue weighted by atomic mass is 16.4. The van der Waals surface area contributed by atoms with E-state index in [-0.39, 0.29) is 18.6 Å². The molecule has 5 nitrogen and oxygen atoms in total. The molecule has 0 radical (unpaired) electrons. The summed E-state index contributed by atoms with van der Waals surface area (Å²) >= 11 is 0. The maximum atomic E-state index is 12.9. The van der Waals surface area contributed by atoms with Crippen molar-refractivity contribution in [1.29, 1.82) is 0 Å². The van der Waals surface area contributed by atoms with Gasteiger partial charge in [0.05, 0.1) is 23.5 Å². The van der Waals surface area contributed by atoms with E-state index in [1.807, 2.05) is 30.3 Å². The van der Waals surface area contributed by atoms with E-state index < -0.39 is 22.2 Å². The number of carbonyl (C=O) groups is 2. The van der Waals surface area contributed by atoms with Gasteiger partial charge in [0.15, 0.2) is 0 Å². The minimum Gasteiger partial charge on any atom is -0.481 e. The van der Waals surface area contributed by atoms with Crippen molar-refractivity contribution in [3.8, 4) is 0 Å². The van der Waals surface area contributed by atoms with Gasteiger partial charge in [0.25, 0.3) is 0 Å². The number of rotatable bonds is 6. The Morgan fingerprint density at radius 1 is 1.04 bits per heavy atom. The van der Waals surface area contributed by atoms with Crippen molar-refractivity contribution < 1.29 is 19.8 Å². The lowest BCUT2D eigenvalue weighted by Gasteiger charge is -2.66. The van der Waals surface area contributed by atoms with Crippen LogP contribution >= 0.6 is 0 Å². The largest absolute Gasteiger partial charge is 0.481 e. The molecule has 3 fully saturated rings. The first-order valence-corrected chi connectivity index (χ1v) is 8.81. The molecule has 0 aliphatic heterocycles. The Bertz CT molecular complexity index is 712. The van der Waals surface area contributed by atoms with Gasteiger partial charge in [-0.3, -0.25) is 9.59 Å². The smallest absolute Gasteiger partial charge is 0.309 e. The third-order valence-corrected chi connectivity index (χ3v) is 6.52. The Morgan fingerprint density at radius 2 is 1.64 bits per heavy atom. The normalized spacial score (nSPS) is 32.4. The number of aliphatic carboxylic acids is 1. The van der Waals surface area contributed by atoms with Crippen LogP contribution < -0.4 is 5.32 Å². The summed E-state index contributed by atoms with van der Waals surface area (Å²) in [6.45, 7) is -0.00803. The first kappa shape index (κ1) is 16.3. The highest BCUT2D eigenvalue weighted by Gasteiger charge is 2.75. The van der Waals surface area contributed by atoms with Gasteiger partial charge < -0.3 is 15.5 Å². The Labute approximate surface area is 146 Å². The number of hydrogen-bond donors (Lipinski definition) is 3. The van der Waals surface area contributed by atoms with E-state index in [4.69, 9.17) is 0 Å². The van der Waals surface area contributed by atoms with Crippen LogP contribution in [-0.2, 0) is 9.59 Å². The van der Waals surface area contributed by atoms with Gasteiger partial charge in [-0.25, -0.2) is 0 Å². The van der Waals surface area contributed by atoms with Gasteiger partial charge in [0, 0.05) is 5.41 Å². The van der Waals surface area contributed by atoms with E-state index in [1.165, 1.54) is 0 Å². The summed E-state index contributed by atoms with van der Waals surface area (Å²) in [5, 5.41) is 22.5. The summed E-state index contributed by atoms with van der Waals surface area (Å²) in [5.74, 6) is -0.849. The summed E-state index contributed by atoms with van der Waals surface area (Å²) in [7, 11) is 0. The van der Waals surface area contributed by atoms with Crippen LogP contribution in [0, 0.1) is 16.2 Å². The first-order valence-electron chi connectivity index (χ1n) is 8.81. The zero-order chi connectivity index (χ0) is 17.7. The molecule has 4 aliphatic carbocycles. The van der Waals surface area contributed by atoms with Crippen molar-refractivity contribution >= 4 is 11.9 Å². The van der Waals surface area contributed by atoms with Crippen molar-refractivity contribution in [2.24, 2.45) is 16.2 Å². The van der Waals surface area contributed by atoms with Crippen LogP contribution in [0.5, 0.6) is 0 Å².